The van der Waals surface area contributed by atoms with Crippen LogP contribution in [0.2, 0.25) is 0 Å². The first-order valence-corrected chi connectivity index (χ1v) is 10.2. The molecule has 22 heavy (non-hydrogen) atoms. The number of aromatic nitrogens is 3. The van der Waals surface area contributed by atoms with E-state index in [4.69, 9.17) is 0 Å². The molecule has 4 rings (SSSR count). The number of aliphatic hydroxyl groups excluding tert-OH is 1. The first-order chi connectivity index (χ1) is 10.8. The molecule has 3 aliphatic rings. The van der Waals surface area contributed by atoms with Gasteiger partial charge in [0, 0.05) is 32.7 Å². The second-order valence-electron chi connectivity index (χ2n) is 6.47. The normalized spacial score (nSPS) is 28.9. The minimum atomic E-state index is -2.01. The Morgan fingerprint density at radius 3 is 2.00 bits per heavy atom. The van der Waals surface area contributed by atoms with Gasteiger partial charge in [0.05, 0.1) is 12.4 Å². The summed E-state index contributed by atoms with van der Waals surface area (Å²) in [6.45, 7) is 5.38. The van der Waals surface area contributed by atoms with Gasteiger partial charge in [0.15, 0.2) is 0 Å². The van der Waals surface area contributed by atoms with E-state index in [1.807, 2.05) is 6.20 Å². The quantitative estimate of drug-likeness (QED) is 0.845. The third kappa shape index (κ3) is 2.22. The Labute approximate surface area is 132 Å². The van der Waals surface area contributed by atoms with Crippen LogP contribution in [0.3, 0.4) is 0 Å². The van der Waals surface area contributed by atoms with E-state index >= 15 is 0 Å². The van der Waals surface area contributed by atoms with Crippen molar-refractivity contribution < 1.29 is 5.11 Å². The highest BCUT2D eigenvalue weighted by atomic mass is 31.2. The van der Waals surface area contributed by atoms with Crippen LogP contribution in [0.5, 0.6) is 0 Å². The molecule has 1 unspecified atom stereocenters. The molecule has 1 atom stereocenters. The van der Waals surface area contributed by atoms with E-state index in [9.17, 15) is 5.11 Å². The van der Waals surface area contributed by atoms with E-state index in [1.54, 1.807) is 6.20 Å². The van der Waals surface area contributed by atoms with E-state index in [0.29, 0.717) is 0 Å². The second kappa shape index (κ2) is 6.13. The zero-order chi connectivity index (χ0) is 15.0. The third-order valence-electron chi connectivity index (χ3n) is 5.15. The van der Waals surface area contributed by atoms with Crippen molar-refractivity contribution in [3.8, 4) is 0 Å². The summed E-state index contributed by atoms with van der Waals surface area (Å²) in [6, 6.07) is 0. The van der Waals surface area contributed by atoms with E-state index < -0.39 is 7.87 Å². The molecule has 4 heterocycles. The first kappa shape index (κ1) is 15.0. The molecule has 3 saturated heterocycles. The second-order valence-corrected chi connectivity index (χ2v) is 9.60. The molecule has 0 radical (unpaired) electrons. The van der Waals surface area contributed by atoms with Crippen molar-refractivity contribution in [2.45, 2.75) is 44.8 Å². The average molecular weight is 325 g/mol. The smallest absolute Gasteiger partial charge is 0.357 e. The van der Waals surface area contributed by atoms with Gasteiger partial charge in [-0.2, -0.15) is 0 Å². The van der Waals surface area contributed by atoms with Gasteiger partial charge in [-0.05, 0) is 43.7 Å². The Morgan fingerprint density at radius 2 is 1.55 bits per heavy atom. The van der Waals surface area contributed by atoms with Gasteiger partial charge in [-0.3, -0.25) is 0 Å². The number of hydrogen-bond acceptors (Lipinski definition) is 6. The van der Waals surface area contributed by atoms with Crippen molar-refractivity contribution in [1.29, 1.82) is 0 Å². The van der Waals surface area contributed by atoms with Crippen molar-refractivity contribution in [1.82, 2.24) is 28.8 Å². The number of nitrogens with zero attached hydrogens (tertiary/aromatic N) is 6. The summed E-state index contributed by atoms with van der Waals surface area (Å²) < 4.78 is 9.68. The molecular weight excluding hydrogens is 299 g/mol. The summed E-state index contributed by atoms with van der Waals surface area (Å²) in [6.07, 6.45) is 10.4. The Morgan fingerprint density at radius 1 is 0.909 bits per heavy atom. The van der Waals surface area contributed by atoms with Crippen LogP contribution < -0.4 is 0 Å². The molecule has 7 nitrogen and oxygen atoms in total. The summed E-state index contributed by atoms with van der Waals surface area (Å²) in [5.74, 6) is 0. The number of aliphatic hydroxyl groups is 1. The van der Waals surface area contributed by atoms with Gasteiger partial charge in [0.1, 0.15) is 6.23 Å². The fraction of sp³-hybridized carbons (Fsp3) is 0.857. The predicted molar refractivity (Wildman–Crippen MR) is 85.9 cm³/mol. The number of hydrogen-bond donors (Lipinski definition) is 1. The van der Waals surface area contributed by atoms with Gasteiger partial charge in [0.25, 0.3) is 0 Å². The van der Waals surface area contributed by atoms with Gasteiger partial charge >= 0.3 is 7.87 Å². The largest absolute Gasteiger partial charge is 0.375 e. The van der Waals surface area contributed by atoms with Gasteiger partial charge in [-0.15, -0.1) is 14.4 Å². The van der Waals surface area contributed by atoms with Crippen LogP contribution in [0.1, 0.15) is 38.5 Å². The van der Waals surface area contributed by atoms with Crippen LogP contribution in [-0.4, -0.2) is 72.8 Å². The van der Waals surface area contributed by atoms with Gasteiger partial charge < -0.3 is 5.11 Å². The Balaban J connectivity index is 1.82. The zero-order valence-corrected chi connectivity index (χ0v) is 14.0. The van der Waals surface area contributed by atoms with Crippen molar-refractivity contribution in [3.05, 3.63) is 12.4 Å². The molecule has 1 aromatic rings. The Kier molecular flexibility index (Phi) is 4.17. The van der Waals surface area contributed by atoms with E-state index in [2.05, 4.69) is 28.8 Å². The molecular formula is C14H26N6OP+. The molecule has 3 fully saturated rings. The van der Waals surface area contributed by atoms with Crippen LogP contribution in [0.4, 0.5) is 0 Å². The minimum absolute atomic E-state index is 0.348. The van der Waals surface area contributed by atoms with Crippen molar-refractivity contribution in [3.63, 3.8) is 0 Å². The minimum Gasteiger partial charge on any atom is -0.375 e. The van der Waals surface area contributed by atoms with E-state index in [0.717, 1.165) is 45.6 Å². The Bertz CT molecular complexity index is 470. The lowest BCUT2D eigenvalue weighted by Crippen LogP contribution is -2.48. The summed E-state index contributed by atoms with van der Waals surface area (Å²) in [5.41, 5.74) is 0. The summed E-state index contributed by atoms with van der Waals surface area (Å²) >= 11 is 0. The first-order valence-electron chi connectivity index (χ1n) is 8.56. The van der Waals surface area contributed by atoms with E-state index in [-0.39, 0.29) is 6.23 Å². The van der Waals surface area contributed by atoms with Crippen molar-refractivity contribution in [2.24, 2.45) is 0 Å². The molecule has 0 amide bonds. The molecule has 0 spiro atoms. The molecule has 3 aliphatic heterocycles. The zero-order valence-electron chi connectivity index (χ0n) is 13.1. The molecule has 122 valence electrons. The fourth-order valence-electron chi connectivity index (χ4n) is 4.21. The molecule has 1 N–H and O–H groups in total. The lowest BCUT2D eigenvalue weighted by Gasteiger charge is -2.43. The van der Waals surface area contributed by atoms with Crippen LogP contribution in [-0.2, 0) is 0 Å². The maximum absolute atomic E-state index is 10.7. The van der Waals surface area contributed by atoms with Crippen molar-refractivity contribution in [2.75, 3.05) is 32.7 Å². The highest BCUT2D eigenvalue weighted by Crippen LogP contribution is 2.70. The molecule has 0 aliphatic carbocycles. The topological polar surface area (TPSA) is 60.7 Å². The molecule has 1 aromatic heterocycles. The standard InChI is InChI=1S/C14H26N6OP/c21-14-6-5-12-19(14)22(17-8-1-2-9-17,18-10-3-4-11-18)20-13-7-15-16-20/h7,13-14,21H,1-6,8-12H2/q+1. The lowest BCUT2D eigenvalue weighted by atomic mass is 10.4. The predicted octanol–water partition coefficient (Wildman–Crippen LogP) is 1.41. The lowest BCUT2D eigenvalue weighted by molar-refractivity contribution is 0.0833. The third-order valence-corrected chi connectivity index (χ3v) is 9.38. The number of rotatable bonds is 4. The molecule has 0 aromatic carbocycles. The summed E-state index contributed by atoms with van der Waals surface area (Å²) in [4.78, 5) is 0. The van der Waals surface area contributed by atoms with Crippen molar-refractivity contribution >= 4 is 7.87 Å². The van der Waals surface area contributed by atoms with Gasteiger partial charge in [0.2, 0.25) is 0 Å². The van der Waals surface area contributed by atoms with Gasteiger partial charge in [-0.1, -0.05) is 9.12 Å². The van der Waals surface area contributed by atoms with Gasteiger partial charge in [-0.25, -0.2) is 0 Å². The Hall–Kier alpha value is -0.590. The van der Waals surface area contributed by atoms with Crippen LogP contribution in [0.15, 0.2) is 12.4 Å². The summed E-state index contributed by atoms with van der Waals surface area (Å²) in [7, 11) is -2.01. The highest BCUT2D eigenvalue weighted by Gasteiger charge is 2.63. The highest BCUT2D eigenvalue weighted by molar-refractivity contribution is 7.67. The van der Waals surface area contributed by atoms with Crippen LogP contribution in [0.25, 0.3) is 0 Å². The van der Waals surface area contributed by atoms with Crippen LogP contribution >= 0.6 is 7.87 Å². The monoisotopic (exact) mass is 325 g/mol. The SMILES string of the molecule is OC1CCCN1[P+](N1CCCC1)(N1CCCC1)n1ccnn1. The molecule has 0 bridgehead atoms. The van der Waals surface area contributed by atoms with E-state index in [1.165, 1.54) is 25.7 Å². The summed E-state index contributed by atoms with van der Waals surface area (Å²) in [5, 5.41) is 19.2. The molecule has 8 heteroatoms. The molecule has 0 saturated carbocycles. The fourth-order valence-corrected chi connectivity index (χ4v) is 8.89. The van der Waals surface area contributed by atoms with Crippen LogP contribution in [0, 0.1) is 0 Å². The maximum atomic E-state index is 10.7. The maximum Gasteiger partial charge on any atom is 0.357 e. The average Bonchev–Trinajstić information content (AvgIpc) is 3.32.